The average molecular weight is 287 g/mol. The topological polar surface area (TPSA) is 49.3 Å². The normalized spacial score (nSPS) is 27.4. The number of aliphatic hydroxyl groups is 1. The molecule has 1 unspecified atom stereocenters. The van der Waals surface area contributed by atoms with Crippen LogP contribution in [0.4, 0.5) is 0 Å². The second-order valence-corrected chi connectivity index (χ2v) is 6.74. The standard InChI is InChI=1S/C18H25NO2/c1-12-4-6-14(7-5-12)17(20)15-9-8-13-3-2-10-19-18(21)16(13)11-15/h8-9,11-12,14,17,20H,2-7,10H2,1H3,(H,19,21). The highest BCUT2D eigenvalue weighted by Crippen LogP contribution is 2.37. The van der Waals surface area contributed by atoms with Crippen LogP contribution in [0, 0.1) is 11.8 Å². The second kappa shape index (κ2) is 6.18. The summed E-state index contributed by atoms with van der Waals surface area (Å²) in [6.45, 7) is 3.03. The van der Waals surface area contributed by atoms with Crippen LogP contribution in [0.3, 0.4) is 0 Å². The monoisotopic (exact) mass is 287 g/mol. The zero-order valence-electron chi connectivity index (χ0n) is 12.8. The van der Waals surface area contributed by atoms with Crippen molar-refractivity contribution in [1.82, 2.24) is 5.32 Å². The molecule has 1 heterocycles. The van der Waals surface area contributed by atoms with Gasteiger partial charge >= 0.3 is 0 Å². The van der Waals surface area contributed by atoms with Gasteiger partial charge in [0.2, 0.25) is 0 Å². The van der Waals surface area contributed by atoms with E-state index < -0.39 is 6.10 Å². The molecule has 3 nitrogen and oxygen atoms in total. The van der Waals surface area contributed by atoms with Gasteiger partial charge in [-0.25, -0.2) is 0 Å². The first-order valence-electron chi connectivity index (χ1n) is 8.24. The number of fused-ring (bicyclic) bond motifs is 1. The lowest BCUT2D eigenvalue weighted by Gasteiger charge is -2.30. The molecule has 1 aromatic rings. The third-order valence-electron chi connectivity index (χ3n) is 5.14. The lowest BCUT2D eigenvalue weighted by atomic mass is 9.78. The van der Waals surface area contributed by atoms with Crippen molar-refractivity contribution < 1.29 is 9.90 Å². The van der Waals surface area contributed by atoms with Gasteiger partial charge in [-0.05, 0) is 54.7 Å². The van der Waals surface area contributed by atoms with Crippen LogP contribution in [0.25, 0.3) is 0 Å². The molecule has 0 bridgehead atoms. The van der Waals surface area contributed by atoms with Gasteiger partial charge < -0.3 is 10.4 Å². The molecular weight excluding hydrogens is 262 g/mol. The first-order chi connectivity index (χ1) is 10.1. The largest absolute Gasteiger partial charge is 0.388 e. The number of carbonyl (C=O) groups excluding carboxylic acids is 1. The Morgan fingerprint density at radius 1 is 1.24 bits per heavy atom. The Morgan fingerprint density at radius 3 is 2.76 bits per heavy atom. The van der Waals surface area contributed by atoms with Crippen molar-refractivity contribution in [1.29, 1.82) is 0 Å². The number of benzene rings is 1. The summed E-state index contributed by atoms with van der Waals surface area (Å²) >= 11 is 0. The highest BCUT2D eigenvalue weighted by molar-refractivity contribution is 5.96. The SMILES string of the molecule is CC1CCC(C(O)c2ccc3c(c2)C(=O)NCCC3)CC1. The molecule has 3 rings (SSSR count). The molecule has 1 fully saturated rings. The van der Waals surface area contributed by atoms with E-state index in [4.69, 9.17) is 0 Å². The van der Waals surface area contributed by atoms with Crippen molar-refractivity contribution in [2.45, 2.75) is 51.6 Å². The Balaban J connectivity index is 1.81. The molecule has 1 aromatic carbocycles. The van der Waals surface area contributed by atoms with Crippen LogP contribution >= 0.6 is 0 Å². The molecule has 0 spiro atoms. The maximum absolute atomic E-state index is 12.1. The Hall–Kier alpha value is -1.35. The maximum Gasteiger partial charge on any atom is 0.251 e. The number of aryl methyl sites for hydroxylation is 1. The van der Waals surface area contributed by atoms with Crippen LogP contribution in [0.2, 0.25) is 0 Å². The van der Waals surface area contributed by atoms with Crippen LogP contribution in [0.15, 0.2) is 18.2 Å². The van der Waals surface area contributed by atoms with Crippen molar-refractivity contribution in [3.63, 3.8) is 0 Å². The predicted molar refractivity (Wildman–Crippen MR) is 83.2 cm³/mol. The van der Waals surface area contributed by atoms with Crippen LogP contribution in [-0.2, 0) is 6.42 Å². The fraction of sp³-hybridized carbons (Fsp3) is 0.611. The zero-order valence-corrected chi connectivity index (χ0v) is 12.8. The molecule has 1 aliphatic heterocycles. The molecule has 1 saturated carbocycles. The Morgan fingerprint density at radius 2 is 2.00 bits per heavy atom. The van der Waals surface area contributed by atoms with Gasteiger partial charge in [0, 0.05) is 12.1 Å². The molecule has 1 atom stereocenters. The minimum Gasteiger partial charge on any atom is -0.388 e. The summed E-state index contributed by atoms with van der Waals surface area (Å²) in [6, 6.07) is 5.96. The number of carbonyl (C=O) groups is 1. The van der Waals surface area contributed by atoms with Crippen LogP contribution < -0.4 is 5.32 Å². The molecule has 1 aliphatic carbocycles. The smallest absolute Gasteiger partial charge is 0.251 e. The van der Waals surface area contributed by atoms with Gasteiger partial charge in [-0.2, -0.15) is 0 Å². The van der Waals surface area contributed by atoms with Gasteiger partial charge in [-0.1, -0.05) is 31.9 Å². The molecule has 3 heteroatoms. The van der Waals surface area contributed by atoms with Crippen molar-refractivity contribution in [3.05, 3.63) is 34.9 Å². The summed E-state index contributed by atoms with van der Waals surface area (Å²) in [4.78, 5) is 12.1. The quantitative estimate of drug-likeness (QED) is 0.877. The fourth-order valence-corrected chi connectivity index (χ4v) is 3.66. The Labute approximate surface area is 126 Å². The molecule has 21 heavy (non-hydrogen) atoms. The number of hydrogen-bond donors (Lipinski definition) is 2. The summed E-state index contributed by atoms with van der Waals surface area (Å²) < 4.78 is 0. The summed E-state index contributed by atoms with van der Waals surface area (Å²) in [7, 11) is 0. The summed E-state index contributed by atoms with van der Waals surface area (Å²) in [5.41, 5.74) is 2.77. The van der Waals surface area contributed by atoms with E-state index in [1.54, 1.807) is 0 Å². The van der Waals surface area contributed by atoms with Gasteiger partial charge in [0.25, 0.3) is 5.91 Å². The number of hydrogen-bond acceptors (Lipinski definition) is 2. The molecule has 114 valence electrons. The third-order valence-corrected chi connectivity index (χ3v) is 5.14. The summed E-state index contributed by atoms with van der Waals surface area (Å²) in [5.74, 6) is 1.13. The molecule has 0 aromatic heterocycles. The molecule has 2 N–H and O–H groups in total. The van der Waals surface area contributed by atoms with E-state index in [1.807, 2.05) is 18.2 Å². The van der Waals surface area contributed by atoms with E-state index in [0.717, 1.165) is 54.8 Å². The zero-order chi connectivity index (χ0) is 14.8. The number of aliphatic hydroxyl groups excluding tert-OH is 1. The van der Waals surface area contributed by atoms with Crippen molar-refractivity contribution in [2.24, 2.45) is 11.8 Å². The number of amides is 1. The van der Waals surface area contributed by atoms with Crippen LogP contribution in [0.1, 0.15) is 66.6 Å². The van der Waals surface area contributed by atoms with E-state index in [1.165, 1.54) is 12.8 Å². The van der Waals surface area contributed by atoms with Gasteiger partial charge in [0.15, 0.2) is 0 Å². The van der Waals surface area contributed by atoms with E-state index in [-0.39, 0.29) is 5.91 Å². The van der Waals surface area contributed by atoms with Gasteiger partial charge in [0.1, 0.15) is 0 Å². The minimum absolute atomic E-state index is 0.00816. The van der Waals surface area contributed by atoms with E-state index >= 15 is 0 Å². The Bertz CT molecular complexity index is 518. The van der Waals surface area contributed by atoms with Crippen LogP contribution in [-0.4, -0.2) is 17.6 Å². The summed E-state index contributed by atoms with van der Waals surface area (Å²) in [6.07, 6.45) is 6.07. The summed E-state index contributed by atoms with van der Waals surface area (Å²) in [5, 5.41) is 13.6. The van der Waals surface area contributed by atoms with Gasteiger partial charge in [-0.3, -0.25) is 4.79 Å². The van der Waals surface area contributed by atoms with Crippen LogP contribution in [0.5, 0.6) is 0 Å². The van der Waals surface area contributed by atoms with E-state index in [9.17, 15) is 9.90 Å². The molecule has 0 radical (unpaired) electrons. The van der Waals surface area contributed by atoms with E-state index in [2.05, 4.69) is 12.2 Å². The lowest BCUT2D eigenvalue weighted by molar-refractivity contribution is 0.0754. The molecule has 0 saturated heterocycles. The van der Waals surface area contributed by atoms with Crippen molar-refractivity contribution in [2.75, 3.05) is 6.54 Å². The molecule has 2 aliphatic rings. The number of nitrogens with one attached hydrogen (secondary N) is 1. The average Bonchev–Trinajstić information content (AvgIpc) is 2.69. The Kier molecular flexibility index (Phi) is 4.29. The fourth-order valence-electron chi connectivity index (χ4n) is 3.66. The van der Waals surface area contributed by atoms with Gasteiger partial charge in [-0.15, -0.1) is 0 Å². The first-order valence-corrected chi connectivity index (χ1v) is 8.24. The predicted octanol–water partition coefficient (Wildman–Crippen LogP) is 3.22. The van der Waals surface area contributed by atoms with Crippen molar-refractivity contribution in [3.8, 4) is 0 Å². The minimum atomic E-state index is -0.432. The lowest BCUT2D eigenvalue weighted by Crippen LogP contribution is -2.23. The number of rotatable bonds is 2. The molecular formula is C18H25NO2. The van der Waals surface area contributed by atoms with E-state index in [0.29, 0.717) is 5.92 Å². The van der Waals surface area contributed by atoms with Gasteiger partial charge in [0.05, 0.1) is 6.10 Å². The maximum atomic E-state index is 12.1. The van der Waals surface area contributed by atoms with Crippen molar-refractivity contribution >= 4 is 5.91 Å². The highest BCUT2D eigenvalue weighted by atomic mass is 16.3. The second-order valence-electron chi connectivity index (χ2n) is 6.74. The highest BCUT2D eigenvalue weighted by Gasteiger charge is 2.27. The molecule has 1 amide bonds. The first kappa shape index (κ1) is 14.6. The third kappa shape index (κ3) is 3.13.